The third-order valence-electron chi connectivity index (χ3n) is 4.46. The van der Waals surface area contributed by atoms with Gasteiger partial charge < -0.3 is 29.8 Å². The molecular formula is C20H32N4O5S. The standard InChI is InChI=1S/C20H32N4O5S/c1-21-20(23-8-9-29-10-11-30(4,25)26)22-7-5-6-15-12-17-18(24-15)13-16(27-2)14-19(17)28-3/h12-14,24H,5-11H2,1-4H3,(H2,21,22,23). The Bertz CT molecular complexity index is 940. The maximum absolute atomic E-state index is 11.0. The summed E-state index contributed by atoms with van der Waals surface area (Å²) < 4.78 is 38.2. The van der Waals surface area contributed by atoms with Crippen LogP contribution in [0.5, 0.6) is 11.5 Å². The van der Waals surface area contributed by atoms with E-state index in [0.29, 0.717) is 19.1 Å². The van der Waals surface area contributed by atoms with Gasteiger partial charge in [0.15, 0.2) is 5.96 Å². The zero-order valence-corrected chi connectivity index (χ0v) is 18.9. The minimum Gasteiger partial charge on any atom is -0.497 e. The van der Waals surface area contributed by atoms with Crippen molar-refractivity contribution in [2.24, 2.45) is 4.99 Å². The van der Waals surface area contributed by atoms with Gasteiger partial charge in [-0.15, -0.1) is 0 Å². The topological polar surface area (TPSA) is 114 Å². The molecule has 10 heteroatoms. The zero-order valence-electron chi connectivity index (χ0n) is 18.1. The first kappa shape index (κ1) is 23.8. The number of hydrogen-bond acceptors (Lipinski definition) is 6. The quantitative estimate of drug-likeness (QED) is 0.259. The Kier molecular flexibility index (Phi) is 9.25. The van der Waals surface area contributed by atoms with Crippen molar-refractivity contribution >= 4 is 26.7 Å². The number of H-pyrrole nitrogens is 1. The maximum Gasteiger partial charge on any atom is 0.191 e. The molecule has 0 amide bonds. The zero-order chi connectivity index (χ0) is 22.0. The SMILES string of the molecule is CN=C(NCCCc1cc2c(OC)cc(OC)cc2[nH]1)NCCOCCS(C)(=O)=O. The normalized spacial score (nSPS) is 12.2. The molecule has 0 aliphatic rings. The number of rotatable bonds is 12. The number of benzene rings is 1. The van der Waals surface area contributed by atoms with Gasteiger partial charge in [-0.2, -0.15) is 0 Å². The molecule has 9 nitrogen and oxygen atoms in total. The Labute approximate surface area is 178 Å². The third kappa shape index (κ3) is 7.75. The number of aliphatic imine (C=N–C) groups is 1. The van der Waals surface area contributed by atoms with Gasteiger partial charge in [0.2, 0.25) is 0 Å². The molecule has 0 fully saturated rings. The number of guanidine groups is 1. The van der Waals surface area contributed by atoms with Crippen LogP contribution in [0.2, 0.25) is 0 Å². The highest BCUT2D eigenvalue weighted by Crippen LogP contribution is 2.31. The smallest absolute Gasteiger partial charge is 0.191 e. The molecule has 0 aliphatic heterocycles. The van der Waals surface area contributed by atoms with E-state index in [1.54, 1.807) is 21.3 Å². The highest BCUT2D eigenvalue weighted by Gasteiger charge is 2.09. The number of nitrogens with one attached hydrogen (secondary N) is 3. The molecule has 0 saturated heterocycles. The predicted molar refractivity (Wildman–Crippen MR) is 120 cm³/mol. The van der Waals surface area contributed by atoms with Crippen LogP contribution in [-0.4, -0.2) is 78.9 Å². The van der Waals surface area contributed by atoms with Crippen LogP contribution in [0.3, 0.4) is 0 Å². The molecule has 0 spiro atoms. The summed E-state index contributed by atoms with van der Waals surface area (Å²) in [6.45, 7) is 1.92. The van der Waals surface area contributed by atoms with Gasteiger partial charge in [-0.25, -0.2) is 8.42 Å². The number of hydrogen-bond donors (Lipinski definition) is 3. The highest BCUT2D eigenvalue weighted by molar-refractivity contribution is 7.90. The van der Waals surface area contributed by atoms with Crippen molar-refractivity contribution in [3.63, 3.8) is 0 Å². The van der Waals surface area contributed by atoms with Crippen molar-refractivity contribution in [3.8, 4) is 11.5 Å². The molecule has 1 aromatic heterocycles. The lowest BCUT2D eigenvalue weighted by atomic mass is 10.2. The monoisotopic (exact) mass is 440 g/mol. The lowest BCUT2D eigenvalue weighted by molar-refractivity contribution is 0.154. The van der Waals surface area contributed by atoms with Gasteiger partial charge in [-0.3, -0.25) is 4.99 Å². The number of sulfone groups is 1. The number of fused-ring (bicyclic) bond motifs is 1. The number of nitrogens with zero attached hydrogens (tertiary/aromatic N) is 1. The van der Waals surface area contributed by atoms with Crippen molar-refractivity contribution in [2.45, 2.75) is 12.8 Å². The van der Waals surface area contributed by atoms with Crippen LogP contribution in [0.25, 0.3) is 10.9 Å². The second kappa shape index (κ2) is 11.7. The van der Waals surface area contributed by atoms with Crippen LogP contribution in [0.1, 0.15) is 12.1 Å². The van der Waals surface area contributed by atoms with Gasteiger partial charge in [-0.1, -0.05) is 0 Å². The molecular weight excluding hydrogens is 408 g/mol. The second-order valence-corrected chi connectivity index (χ2v) is 9.12. The first-order chi connectivity index (χ1) is 14.4. The van der Waals surface area contributed by atoms with Crippen LogP contribution in [0.15, 0.2) is 23.2 Å². The Morgan fingerprint density at radius 2 is 1.87 bits per heavy atom. The van der Waals surface area contributed by atoms with Crippen molar-refractivity contribution in [2.75, 3.05) is 59.6 Å². The fourth-order valence-electron chi connectivity index (χ4n) is 2.92. The summed E-state index contributed by atoms with van der Waals surface area (Å²) in [5.74, 6) is 2.26. The Balaban J connectivity index is 1.72. The molecule has 0 unspecified atom stereocenters. The molecule has 2 aromatic rings. The van der Waals surface area contributed by atoms with Gasteiger partial charge in [0, 0.05) is 49.6 Å². The van der Waals surface area contributed by atoms with E-state index < -0.39 is 9.84 Å². The lowest BCUT2D eigenvalue weighted by Crippen LogP contribution is -2.39. The predicted octanol–water partition coefficient (Wildman–Crippen LogP) is 1.34. The lowest BCUT2D eigenvalue weighted by Gasteiger charge is -2.11. The van der Waals surface area contributed by atoms with E-state index >= 15 is 0 Å². The summed E-state index contributed by atoms with van der Waals surface area (Å²) in [5, 5.41) is 7.44. The van der Waals surface area contributed by atoms with E-state index in [9.17, 15) is 8.42 Å². The van der Waals surface area contributed by atoms with Crippen molar-refractivity contribution in [3.05, 3.63) is 23.9 Å². The van der Waals surface area contributed by atoms with Crippen LogP contribution < -0.4 is 20.1 Å². The summed E-state index contributed by atoms with van der Waals surface area (Å²) in [7, 11) is 2.01. The van der Waals surface area contributed by atoms with E-state index in [2.05, 4.69) is 26.7 Å². The summed E-state index contributed by atoms with van der Waals surface area (Å²) in [5.41, 5.74) is 2.11. The number of ether oxygens (including phenoxy) is 3. The molecule has 1 aromatic carbocycles. The van der Waals surface area contributed by atoms with E-state index in [-0.39, 0.29) is 12.4 Å². The molecule has 168 valence electrons. The minimum absolute atomic E-state index is 0.0341. The number of aryl methyl sites for hydroxylation is 1. The fourth-order valence-corrected chi connectivity index (χ4v) is 3.34. The van der Waals surface area contributed by atoms with Crippen molar-refractivity contribution < 1.29 is 22.6 Å². The summed E-state index contributed by atoms with van der Waals surface area (Å²) >= 11 is 0. The van der Waals surface area contributed by atoms with E-state index in [0.717, 1.165) is 47.5 Å². The maximum atomic E-state index is 11.0. The van der Waals surface area contributed by atoms with Gasteiger partial charge in [0.25, 0.3) is 0 Å². The van der Waals surface area contributed by atoms with E-state index in [4.69, 9.17) is 14.2 Å². The fraction of sp³-hybridized carbons (Fsp3) is 0.550. The van der Waals surface area contributed by atoms with E-state index in [1.165, 1.54) is 6.26 Å². The Morgan fingerprint density at radius 1 is 1.10 bits per heavy atom. The molecule has 0 radical (unpaired) electrons. The third-order valence-corrected chi connectivity index (χ3v) is 5.37. The van der Waals surface area contributed by atoms with Crippen LogP contribution >= 0.6 is 0 Å². The van der Waals surface area contributed by atoms with E-state index in [1.807, 2.05) is 12.1 Å². The molecule has 3 N–H and O–H groups in total. The van der Waals surface area contributed by atoms with Crippen LogP contribution in [-0.2, 0) is 21.0 Å². The summed E-state index contributed by atoms with van der Waals surface area (Å²) in [6, 6.07) is 5.94. The van der Waals surface area contributed by atoms with Gasteiger partial charge in [0.05, 0.1) is 38.7 Å². The molecule has 0 bridgehead atoms. The second-order valence-electron chi connectivity index (χ2n) is 6.86. The molecule has 2 rings (SSSR count). The average Bonchev–Trinajstić information content (AvgIpc) is 3.13. The number of aromatic nitrogens is 1. The molecule has 0 aliphatic carbocycles. The van der Waals surface area contributed by atoms with Crippen LogP contribution in [0, 0.1) is 0 Å². The Morgan fingerprint density at radius 3 is 2.53 bits per heavy atom. The molecule has 0 atom stereocenters. The van der Waals surface area contributed by atoms with Crippen molar-refractivity contribution in [1.29, 1.82) is 0 Å². The van der Waals surface area contributed by atoms with Gasteiger partial charge in [-0.05, 0) is 18.9 Å². The first-order valence-corrected chi connectivity index (χ1v) is 11.9. The average molecular weight is 441 g/mol. The molecule has 0 saturated carbocycles. The summed E-state index contributed by atoms with van der Waals surface area (Å²) in [4.78, 5) is 7.59. The Hall–Kier alpha value is -2.46. The number of aromatic amines is 1. The van der Waals surface area contributed by atoms with Crippen LogP contribution in [0.4, 0.5) is 0 Å². The molecule has 1 heterocycles. The van der Waals surface area contributed by atoms with Gasteiger partial charge >= 0.3 is 0 Å². The largest absolute Gasteiger partial charge is 0.497 e. The minimum atomic E-state index is -2.98. The first-order valence-electron chi connectivity index (χ1n) is 9.80. The highest BCUT2D eigenvalue weighted by atomic mass is 32.2. The van der Waals surface area contributed by atoms with Crippen molar-refractivity contribution in [1.82, 2.24) is 15.6 Å². The van der Waals surface area contributed by atoms with Gasteiger partial charge in [0.1, 0.15) is 21.3 Å². The number of methoxy groups -OCH3 is 2. The summed E-state index contributed by atoms with van der Waals surface area (Å²) in [6.07, 6.45) is 2.99. The molecule has 30 heavy (non-hydrogen) atoms.